The summed E-state index contributed by atoms with van der Waals surface area (Å²) in [5.41, 5.74) is 0.516. The van der Waals surface area contributed by atoms with E-state index >= 15 is 0 Å². The Balaban J connectivity index is 1.94. The molecule has 1 fully saturated rings. The van der Waals surface area contributed by atoms with Crippen LogP contribution in [-0.4, -0.2) is 62.3 Å². The van der Waals surface area contributed by atoms with Gasteiger partial charge in [-0.3, -0.25) is 9.59 Å². The average molecular weight is 350 g/mol. The van der Waals surface area contributed by atoms with Crippen LogP contribution in [0.2, 0.25) is 0 Å². The number of ether oxygens (including phenoxy) is 2. The Kier molecular flexibility index (Phi) is 7.06. The summed E-state index contributed by atoms with van der Waals surface area (Å²) in [7, 11) is 3.09. The van der Waals surface area contributed by atoms with E-state index in [0.717, 1.165) is 0 Å². The van der Waals surface area contributed by atoms with Gasteiger partial charge in [0.15, 0.2) is 0 Å². The molecule has 2 N–H and O–H groups in total. The van der Waals surface area contributed by atoms with Crippen LogP contribution in [0.5, 0.6) is 11.5 Å². The molecule has 1 aliphatic rings. The topological polar surface area (TPSA) is 88.1 Å². The van der Waals surface area contributed by atoms with Crippen LogP contribution >= 0.6 is 0 Å². The molecule has 0 bridgehead atoms. The third-order valence-electron chi connectivity index (χ3n) is 4.39. The zero-order valence-corrected chi connectivity index (χ0v) is 14.8. The van der Waals surface area contributed by atoms with Gasteiger partial charge in [0.1, 0.15) is 11.5 Å². The van der Waals surface area contributed by atoms with Gasteiger partial charge in [-0.1, -0.05) is 0 Å². The van der Waals surface area contributed by atoms with Gasteiger partial charge < -0.3 is 24.8 Å². The Morgan fingerprint density at radius 2 is 1.76 bits per heavy atom. The van der Waals surface area contributed by atoms with Crippen molar-refractivity contribution in [1.29, 1.82) is 0 Å². The standard InChI is InChI=1S/C18H26N2O5/c1-24-15-10-14(11-16(12-15)25-2)18(23)20-7-4-13(5-8-20)17(22)19-6-3-9-21/h10-13,21H,3-9H2,1-2H3,(H,19,22). The number of aliphatic hydroxyl groups excluding tert-OH is 1. The molecule has 7 heteroatoms. The van der Waals surface area contributed by atoms with Crippen LogP contribution in [0.1, 0.15) is 29.6 Å². The molecular weight excluding hydrogens is 324 g/mol. The molecule has 2 amide bonds. The summed E-state index contributed by atoms with van der Waals surface area (Å²) < 4.78 is 10.4. The minimum absolute atomic E-state index is 0.00333. The number of hydrogen-bond acceptors (Lipinski definition) is 5. The quantitative estimate of drug-likeness (QED) is 0.718. The van der Waals surface area contributed by atoms with Crippen molar-refractivity contribution in [2.75, 3.05) is 40.5 Å². The fraction of sp³-hybridized carbons (Fsp3) is 0.556. The second-order valence-corrected chi connectivity index (χ2v) is 6.04. The van der Waals surface area contributed by atoms with Gasteiger partial charge in [0, 0.05) is 43.8 Å². The van der Waals surface area contributed by atoms with Crippen LogP contribution < -0.4 is 14.8 Å². The molecule has 2 rings (SSSR count). The van der Waals surface area contributed by atoms with Crippen molar-refractivity contribution in [3.8, 4) is 11.5 Å². The van der Waals surface area contributed by atoms with Gasteiger partial charge in [0.25, 0.3) is 5.91 Å². The van der Waals surface area contributed by atoms with Crippen LogP contribution in [0.4, 0.5) is 0 Å². The molecule has 0 atom stereocenters. The van der Waals surface area contributed by atoms with Gasteiger partial charge in [-0.15, -0.1) is 0 Å². The Hall–Kier alpha value is -2.28. The summed E-state index contributed by atoms with van der Waals surface area (Å²) >= 11 is 0. The number of aliphatic hydroxyl groups is 1. The number of likely N-dealkylation sites (tertiary alicyclic amines) is 1. The third kappa shape index (κ3) is 5.09. The number of rotatable bonds is 7. The third-order valence-corrected chi connectivity index (χ3v) is 4.39. The number of hydrogen-bond donors (Lipinski definition) is 2. The van der Waals surface area contributed by atoms with Gasteiger partial charge in [-0.25, -0.2) is 0 Å². The van der Waals surface area contributed by atoms with Crippen molar-refractivity contribution in [3.05, 3.63) is 23.8 Å². The highest BCUT2D eigenvalue weighted by molar-refractivity contribution is 5.95. The molecule has 1 aliphatic heterocycles. The number of carbonyl (C=O) groups excluding carboxylic acids is 2. The average Bonchev–Trinajstić information content (AvgIpc) is 2.67. The smallest absolute Gasteiger partial charge is 0.254 e. The maximum absolute atomic E-state index is 12.7. The minimum Gasteiger partial charge on any atom is -0.497 e. The molecule has 0 spiro atoms. The Morgan fingerprint density at radius 3 is 2.28 bits per heavy atom. The van der Waals surface area contributed by atoms with Crippen LogP contribution in [-0.2, 0) is 4.79 Å². The van der Waals surface area contributed by atoms with Crippen LogP contribution in [0, 0.1) is 5.92 Å². The molecule has 138 valence electrons. The molecule has 25 heavy (non-hydrogen) atoms. The lowest BCUT2D eigenvalue weighted by atomic mass is 9.95. The Bertz CT molecular complexity index is 575. The van der Waals surface area contributed by atoms with Crippen LogP contribution in [0.15, 0.2) is 18.2 Å². The number of nitrogens with one attached hydrogen (secondary N) is 1. The summed E-state index contributed by atoms with van der Waals surface area (Å²) in [6.07, 6.45) is 1.83. The lowest BCUT2D eigenvalue weighted by Gasteiger charge is -2.31. The number of amides is 2. The molecule has 7 nitrogen and oxygen atoms in total. The van der Waals surface area contributed by atoms with E-state index in [2.05, 4.69) is 5.32 Å². The van der Waals surface area contributed by atoms with Crippen molar-refractivity contribution in [1.82, 2.24) is 10.2 Å². The van der Waals surface area contributed by atoms with Crippen molar-refractivity contribution in [3.63, 3.8) is 0 Å². The first-order valence-corrected chi connectivity index (χ1v) is 8.50. The molecule has 0 radical (unpaired) electrons. The summed E-state index contributed by atoms with van der Waals surface area (Å²) in [5, 5.41) is 11.6. The number of carbonyl (C=O) groups is 2. The predicted octanol–water partition coefficient (Wildman–Crippen LogP) is 1.05. The highest BCUT2D eigenvalue weighted by Gasteiger charge is 2.28. The molecular formula is C18H26N2O5. The number of nitrogens with zero attached hydrogens (tertiary/aromatic N) is 1. The Morgan fingerprint density at radius 1 is 1.16 bits per heavy atom. The number of methoxy groups -OCH3 is 2. The largest absolute Gasteiger partial charge is 0.497 e. The van der Waals surface area contributed by atoms with E-state index in [1.807, 2.05) is 0 Å². The molecule has 0 unspecified atom stereocenters. The van der Waals surface area contributed by atoms with Gasteiger partial charge in [-0.2, -0.15) is 0 Å². The first-order valence-electron chi connectivity index (χ1n) is 8.50. The van der Waals surface area contributed by atoms with Crippen LogP contribution in [0.25, 0.3) is 0 Å². The molecule has 1 aromatic carbocycles. The van der Waals surface area contributed by atoms with E-state index in [0.29, 0.717) is 56.0 Å². The highest BCUT2D eigenvalue weighted by Crippen LogP contribution is 2.25. The maximum atomic E-state index is 12.7. The molecule has 0 saturated carbocycles. The van der Waals surface area contributed by atoms with E-state index in [1.54, 1.807) is 37.3 Å². The summed E-state index contributed by atoms with van der Waals surface area (Å²) in [4.78, 5) is 26.5. The lowest BCUT2D eigenvalue weighted by molar-refractivity contribution is -0.126. The fourth-order valence-corrected chi connectivity index (χ4v) is 2.89. The zero-order valence-electron chi connectivity index (χ0n) is 14.8. The van der Waals surface area contributed by atoms with Crippen molar-refractivity contribution >= 4 is 11.8 Å². The second-order valence-electron chi connectivity index (χ2n) is 6.04. The molecule has 1 saturated heterocycles. The van der Waals surface area contributed by atoms with Crippen molar-refractivity contribution in [2.24, 2.45) is 5.92 Å². The van der Waals surface area contributed by atoms with E-state index in [4.69, 9.17) is 14.6 Å². The maximum Gasteiger partial charge on any atom is 0.254 e. The molecule has 1 heterocycles. The van der Waals surface area contributed by atoms with Crippen molar-refractivity contribution in [2.45, 2.75) is 19.3 Å². The number of benzene rings is 1. The summed E-state index contributed by atoms with van der Waals surface area (Å²) in [6, 6.07) is 5.11. The molecule has 0 aromatic heterocycles. The monoisotopic (exact) mass is 350 g/mol. The number of piperidine rings is 1. The first kappa shape index (κ1) is 19.1. The first-order chi connectivity index (χ1) is 12.1. The second kappa shape index (κ2) is 9.27. The van der Waals surface area contributed by atoms with E-state index in [1.165, 1.54) is 0 Å². The van der Waals surface area contributed by atoms with Gasteiger partial charge in [-0.05, 0) is 31.4 Å². The molecule has 1 aromatic rings. The predicted molar refractivity (Wildman–Crippen MR) is 92.9 cm³/mol. The zero-order chi connectivity index (χ0) is 18.2. The minimum atomic E-state index is -0.0867. The van der Waals surface area contributed by atoms with Gasteiger partial charge >= 0.3 is 0 Å². The van der Waals surface area contributed by atoms with Gasteiger partial charge in [0.05, 0.1) is 14.2 Å². The van der Waals surface area contributed by atoms with E-state index < -0.39 is 0 Å². The van der Waals surface area contributed by atoms with E-state index in [-0.39, 0.29) is 24.3 Å². The van der Waals surface area contributed by atoms with E-state index in [9.17, 15) is 9.59 Å². The van der Waals surface area contributed by atoms with Crippen molar-refractivity contribution < 1.29 is 24.2 Å². The lowest BCUT2D eigenvalue weighted by Crippen LogP contribution is -2.43. The van der Waals surface area contributed by atoms with Gasteiger partial charge in [0.2, 0.25) is 5.91 Å². The summed E-state index contributed by atoms with van der Waals surface area (Å²) in [6.45, 7) is 1.63. The summed E-state index contributed by atoms with van der Waals surface area (Å²) in [5.74, 6) is 0.976. The Labute approximate surface area is 147 Å². The highest BCUT2D eigenvalue weighted by atomic mass is 16.5. The normalized spacial score (nSPS) is 14.9. The van der Waals surface area contributed by atoms with Crippen LogP contribution in [0.3, 0.4) is 0 Å². The fourth-order valence-electron chi connectivity index (χ4n) is 2.89. The molecule has 0 aliphatic carbocycles. The SMILES string of the molecule is COc1cc(OC)cc(C(=O)N2CCC(C(=O)NCCCO)CC2)c1.